The summed E-state index contributed by atoms with van der Waals surface area (Å²) in [6.07, 6.45) is 0. The Morgan fingerprint density at radius 3 is 2.25 bits per heavy atom. The number of anilines is 2. The highest BCUT2D eigenvalue weighted by molar-refractivity contribution is 5.64. The average molecular weight is 171 g/mol. The molecule has 12 heavy (non-hydrogen) atoms. The quantitative estimate of drug-likeness (QED) is 0.509. The van der Waals surface area contributed by atoms with E-state index < -0.39 is 0 Å². The standard InChI is InChI=1S/C6H13N5O/c1-7-5-4(12)6(8-2)11(9-3)10-5/h8-9,12H,1-3H3,(H,7,10). The lowest BCUT2D eigenvalue weighted by Crippen LogP contribution is -2.13. The third-order valence-corrected chi connectivity index (χ3v) is 1.55. The highest BCUT2D eigenvalue weighted by atomic mass is 16.3. The van der Waals surface area contributed by atoms with E-state index in [1.54, 1.807) is 21.1 Å². The summed E-state index contributed by atoms with van der Waals surface area (Å²) in [6, 6.07) is 0. The van der Waals surface area contributed by atoms with Crippen molar-refractivity contribution in [1.82, 2.24) is 9.89 Å². The molecule has 6 nitrogen and oxygen atoms in total. The van der Waals surface area contributed by atoms with E-state index in [9.17, 15) is 5.11 Å². The minimum Gasteiger partial charge on any atom is -0.502 e. The van der Waals surface area contributed by atoms with E-state index in [-0.39, 0.29) is 5.75 Å². The highest BCUT2D eigenvalue weighted by Crippen LogP contribution is 2.29. The molecule has 0 amide bonds. The molecule has 0 bridgehead atoms. The van der Waals surface area contributed by atoms with Gasteiger partial charge in [0.05, 0.1) is 0 Å². The molecule has 0 aliphatic heterocycles. The van der Waals surface area contributed by atoms with Crippen LogP contribution in [0, 0.1) is 0 Å². The first-order valence-corrected chi connectivity index (χ1v) is 3.59. The smallest absolute Gasteiger partial charge is 0.205 e. The highest BCUT2D eigenvalue weighted by Gasteiger charge is 2.13. The fourth-order valence-electron chi connectivity index (χ4n) is 0.964. The van der Waals surface area contributed by atoms with Crippen molar-refractivity contribution in [1.29, 1.82) is 0 Å². The van der Waals surface area contributed by atoms with Crippen molar-refractivity contribution >= 4 is 11.6 Å². The van der Waals surface area contributed by atoms with Crippen molar-refractivity contribution in [3.05, 3.63) is 0 Å². The average Bonchev–Trinajstić information content (AvgIpc) is 2.41. The Morgan fingerprint density at radius 1 is 1.25 bits per heavy atom. The lowest BCUT2D eigenvalue weighted by Gasteiger charge is -2.03. The SMILES string of the molecule is CNc1nn(NC)c(NC)c1O. The largest absolute Gasteiger partial charge is 0.502 e. The van der Waals surface area contributed by atoms with E-state index in [1.165, 1.54) is 4.79 Å². The van der Waals surface area contributed by atoms with Crippen molar-refractivity contribution < 1.29 is 5.11 Å². The van der Waals surface area contributed by atoms with Crippen LogP contribution in [-0.2, 0) is 0 Å². The molecule has 0 aliphatic carbocycles. The van der Waals surface area contributed by atoms with Crippen LogP contribution in [0.15, 0.2) is 0 Å². The van der Waals surface area contributed by atoms with E-state index in [1.807, 2.05) is 0 Å². The maximum atomic E-state index is 9.49. The summed E-state index contributed by atoms with van der Waals surface area (Å²) in [7, 11) is 5.12. The van der Waals surface area contributed by atoms with Gasteiger partial charge in [-0.05, 0) is 0 Å². The van der Waals surface area contributed by atoms with Crippen molar-refractivity contribution in [3.8, 4) is 5.75 Å². The van der Waals surface area contributed by atoms with Crippen molar-refractivity contribution in [2.24, 2.45) is 0 Å². The van der Waals surface area contributed by atoms with E-state index >= 15 is 0 Å². The van der Waals surface area contributed by atoms with E-state index in [0.29, 0.717) is 11.6 Å². The Hall–Kier alpha value is -1.59. The molecule has 0 spiro atoms. The van der Waals surface area contributed by atoms with Gasteiger partial charge in [-0.1, -0.05) is 0 Å². The molecule has 0 saturated carbocycles. The van der Waals surface area contributed by atoms with Gasteiger partial charge in [-0.3, -0.25) is 0 Å². The molecule has 6 heteroatoms. The fraction of sp³-hybridized carbons (Fsp3) is 0.500. The molecule has 0 aliphatic rings. The second kappa shape index (κ2) is 3.21. The molecule has 1 heterocycles. The van der Waals surface area contributed by atoms with E-state index in [4.69, 9.17) is 0 Å². The summed E-state index contributed by atoms with van der Waals surface area (Å²) >= 11 is 0. The van der Waals surface area contributed by atoms with Gasteiger partial charge >= 0.3 is 0 Å². The first kappa shape index (κ1) is 8.51. The number of hydrogen-bond donors (Lipinski definition) is 4. The van der Waals surface area contributed by atoms with Crippen LogP contribution < -0.4 is 16.1 Å². The second-order valence-electron chi connectivity index (χ2n) is 2.18. The molecule has 1 aromatic rings. The van der Waals surface area contributed by atoms with Crippen LogP contribution in [-0.4, -0.2) is 36.1 Å². The molecule has 1 aromatic heterocycles. The predicted molar refractivity (Wildman–Crippen MR) is 48.3 cm³/mol. The van der Waals surface area contributed by atoms with Crippen LogP contribution in [0.2, 0.25) is 0 Å². The maximum Gasteiger partial charge on any atom is 0.205 e. The number of hydrogen-bond acceptors (Lipinski definition) is 5. The van der Waals surface area contributed by atoms with Crippen LogP contribution in [0.1, 0.15) is 0 Å². The molecule has 0 atom stereocenters. The molecule has 0 unspecified atom stereocenters. The lowest BCUT2D eigenvalue weighted by molar-refractivity contribution is 0.479. The van der Waals surface area contributed by atoms with Gasteiger partial charge in [0.15, 0.2) is 11.6 Å². The minimum absolute atomic E-state index is 0.106. The second-order valence-corrected chi connectivity index (χ2v) is 2.18. The van der Waals surface area contributed by atoms with Gasteiger partial charge < -0.3 is 21.2 Å². The first-order valence-electron chi connectivity index (χ1n) is 3.59. The lowest BCUT2D eigenvalue weighted by atomic mass is 10.5. The van der Waals surface area contributed by atoms with Gasteiger partial charge in [-0.2, -0.15) is 4.79 Å². The zero-order valence-corrected chi connectivity index (χ0v) is 7.34. The predicted octanol–water partition coefficient (Wildman–Crippen LogP) is -0.155. The molecule has 0 saturated heterocycles. The van der Waals surface area contributed by atoms with Crippen LogP contribution in [0.4, 0.5) is 11.6 Å². The summed E-state index contributed by atoms with van der Waals surface area (Å²) < 4.78 is 0. The van der Waals surface area contributed by atoms with Gasteiger partial charge in [-0.15, -0.1) is 5.10 Å². The molecule has 4 N–H and O–H groups in total. The molecule has 1 rings (SSSR count). The number of rotatable bonds is 3. The summed E-state index contributed by atoms with van der Waals surface area (Å²) in [5.41, 5.74) is 2.79. The Balaban J connectivity index is 3.13. The Labute approximate surface area is 70.5 Å². The van der Waals surface area contributed by atoms with Crippen molar-refractivity contribution in [2.45, 2.75) is 0 Å². The zero-order valence-electron chi connectivity index (χ0n) is 7.34. The Bertz CT molecular complexity index is 269. The number of nitrogens with one attached hydrogen (secondary N) is 3. The first-order chi connectivity index (χ1) is 5.74. The Morgan fingerprint density at radius 2 is 1.92 bits per heavy atom. The van der Waals surface area contributed by atoms with Crippen LogP contribution >= 0.6 is 0 Å². The van der Waals surface area contributed by atoms with Gasteiger partial charge in [0.1, 0.15) is 0 Å². The van der Waals surface area contributed by atoms with E-state index in [2.05, 4.69) is 21.2 Å². The van der Waals surface area contributed by atoms with E-state index in [0.717, 1.165) is 0 Å². The monoisotopic (exact) mass is 171 g/mol. The molecule has 68 valence electrons. The summed E-state index contributed by atoms with van der Waals surface area (Å²) in [6.45, 7) is 0. The summed E-state index contributed by atoms with van der Waals surface area (Å²) in [5.74, 6) is 1.07. The third kappa shape index (κ3) is 1.11. The minimum atomic E-state index is 0.106. The molecular weight excluding hydrogens is 158 g/mol. The molecule has 0 fully saturated rings. The number of nitrogens with zero attached hydrogens (tertiary/aromatic N) is 2. The van der Waals surface area contributed by atoms with Gasteiger partial charge in [0.2, 0.25) is 5.75 Å². The van der Waals surface area contributed by atoms with Crippen molar-refractivity contribution in [2.75, 3.05) is 37.2 Å². The Kier molecular flexibility index (Phi) is 2.27. The number of aromatic nitrogens is 2. The summed E-state index contributed by atoms with van der Waals surface area (Å²) in [4.78, 5) is 1.45. The van der Waals surface area contributed by atoms with Crippen molar-refractivity contribution in [3.63, 3.8) is 0 Å². The molecular formula is C6H13N5O. The fourth-order valence-corrected chi connectivity index (χ4v) is 0.964. The van der Waals surface area contributed by atoms with Crippen LogP contribution in [0.3, 0.4) is 0 Å². The van der Waals surface area contributed by atoms with Crippen LogP contribution in [0.5, 0.6) is 5.75 Å². The summed E-state index contributed by atoms with van der Waals surface area (Å²) in [5, 5.41) is 19.1. The number of aromatic hydroxyl groups is 1. The zero-order chi connectivity index (χ0) is 9.14. The van der Waals surface area contributed by atoms with Gasteiger partial charge in [0, 0.05) is 21.1 Å². The maximum absolute atomic E-state index is 9.49. The normalized spacial score (nSPS) is 9.58. The van der Waals surface area contributed by atoms with Crippen LogP contribution in [0.25, 0.3) is 0 Å². The molecule has 0 radical (unpaired) electrons. The topological polar surface area (TPSA) is 74.1 Å². The third-order valence-electron chi connectivity index (χ3n) is 1.55. The molecule has 0 aromatic carbocycles. The van der Waals surface area contributed by atoms with Gasteiger partial charge in [-0.25, -0.2) is 0 Å². The van der Waals surface area contributed by atoms with Gasteiger partial charge in [0.25, 0.3) is 0 Å².